The maximum Gasteiger partial charge on any atom is 0.490 e. The molecule has 4 N–H and O–H groups in total. The number of nitrogens with two attached hydrogens (primary N) is 1. The van der Waals surface area contributed by atoms with Gasteiger partial charge in [-0.3, -0.25) is 4.79 Å². The SMILES string of the molecule is NC1CC2CCC(C1)N2C(=O)C(NS(=O)(=O)c1ccc(OCc2ccccc2)cc1)C(F)(F)c1ccc(Br)cc1.O=C(O)C(F)(F)F. The van der Waals surface area contributed by atoms with Crippen molar-refractivity contribution in [3.63, 3.8) is 0 Å². The molecule has 0 aliphatic carbocycles. The Balaban J connectivity index is 0.000000644. The molecule has 0 saturated carbocycles. The zero-order valence-corrected chi connectivity index (χ0v) is 26.9. The van der Waals surface area contributed by atoms with Crippen LogP contribution in [0.15, 0.2) is 88.2 Å². The van der Waals surface area contributed by atoms with E-state index in [-0.39, 0.29) is 29.6 Å². The lowest BCUT2D eigenvalue weighted by Gasteiger charge is -2.41. The molecule has 0 spiro atoms. The first kappa shape index (κ1) is 36.2. The molecule has 3 aromatic rings. The first-order valence-corrected chi connectivity index (χ1v) is 16.6. The fourth-order valence-corrected chi connectivity index (χ4v) is 6.98. The number of ether oxygens (including phenoxy) is 1. The summed E-state index contributed by atoms with van der Waals surface area (Å²) in [6.07, 6.45) is -2.79. The number of piperidine rings is 1. The summed E-state index contributed by atoms with van der Waals surface area (Å²) < 4.78 is 99.0. The molecule has 2 aliphatic heterocycles. The third-order valence-corrected chi connectivity index (χ3v) is 9.73. The van der Waals surface area contributed by atoms with Crippen LogP contribution in [-0.4, -0.2) is 60.6 Å². The zero-order valence-electron chi connectivity index (χ0n) is 24.5. The van der Waals surface area contributed by atoms with Gasteiger partial charge in [-0.15, -0.1) is 0 Å². The summed E-state index contributed by atoms with van der Waals surface area (Å²) >= 11 is 3.23. The highest BCUT2D eigenvalue weighted by Gasteiger charge is 2.53. The average Bonchev–Trinajstić information content (AvgIpc) is 3.29. The number of alkyl halides is 5. The van der Waals surface area contributed by atoms with Gasteiger partial charge in [0.15, 0.2) is 6.04 Å². The van der Waals surface area contributed by atoms with Crippen LogP contribution in [0.1, 0.15) is 36.8 Å². The fourth-order valence-electron chi connectivity index (χ4n) is 5.53. The van der Waals surface area contributed by atoms with Crippen molar-refractivity contribution in [2.24, 2.45) is 5.73 Å². The highest BCUT2D eigenvalue weighted by molar-refractivity contribution is 9.10. The molecule has 5 rings (SSSR count). The Hall–Kier alpha value is -3.60. The summed E-state index contributed by atoms with van der Waals surface area (Å²) in [5.41, 5.74) is 6.58. The van der Waals surface area contributed by atoms with E-state index < -0.39 is 45.6 Å². The Morgan fingerprint density at radius 2 is 1.47 bits per heavy atom. The van der Waals surface area contributed by atoms with E-state index in [0.29, 0.717) is 35.9 Å². The smallest absolute Gasteiger partial charge is 0.489 e. The van der Waals surface area contributed by atoms with Crippen LogP contribution in [0, 0.1) is 0 Å². The number of amides is 1. The summed E-state index contributed by atoms with van der Waals surface area (Å²) in [4.78, 5) is 23.9. The number of hydrogen-bond acceptors (Lipinski definition) is 6. The fraction of sp³-hybridized carbons (Fsp3) is 0.355. The number of carbonyl (C=O) groups excluding carboxylic acids is 1. The van der Waals surface area contributed by atoms with Gasteiger partial charge in [0.05, 0.1) is 4.90 Å². The van der Waals surface area contributed by atoms with Crippen molar-refractivity contribution < 1.29 is 49.8 Å². The van der Waals surface area contributed by atoms with Crippen LogP contribution >= 0.6 is 15.9 Å². The van der Waals surface area contributed by atoms with E-state index in [9.17, 15) is 26.4 Å². The van der Waals surface area contributed by atoms with E-state index in [0.717, 1.165) is 5.56 Å². The van der Waals surface area contributed by atoms with Gasteiger partial charge >= 0.3 is 12.1 Å². The van der Waals surface area contributed by atoms with Gasteiger partial charge < -0.3 is 20.5 Å². The van der Waals surface area contributed by atoms with Gasteiger partial charge in [0.2, 0.25) is 15.9 Å². The third-order valence-electron chi connectivity index (χ3n) is 7.76. The largest absolute Gasteiger partial charge is 0.490 e. The standard InChI is InChI=1S/C29H30BrF2N3O4S.C2HF3O2/c30-21-8-6-20(7-9-21)29(31,32)27(28(36)35-23-10-11-24(35)17-22(33)16-23)34-40(37,38)26-14-12-25(13-15-26)39-18-19-4-2-1-3-5-19;3-2(4,5)1(6)7/h1-9,12-15,22-24,27,34H,10-11,16-18,33H2;(H,6,7). The number of carbonyl (C=O) groups is 2. The van der Waals surface area contributed by atoms with E-state index in [1.54, 1.807) is 0 Å². The van der Waals surface area contributed by atoms with Crippen molar-refractivity contribution in [3.05, 3.63) is 94.5 Å². The van der Waals surface area contributed by atoms with Gasteiger partial charge in [0.25, 0.3) is 5.92 Å². The second-order valence-corrected chi connectivity index (χ2v) is 13.7. The number of nitrogens with zero attached hydrogens (tertiary/aromatic N) is 1. The molecule has 0 aromatic heterocycles. The van der Waals surface area contributed by atoms with Crippen molar-refractivity contribution >= 4 is 37.8 Å². The molecule has 16 heteroatoms. The predicted molar refractivity (Wildman–Crippen MR) is 164 cm³/mol. The molecule has 1 amide bonds. The first-order chi connectivity index (χ1) is 22.0. The normalized spacial score (nSPS) is 20.1. The van der Waals surface area contributed by atoms with Gasteiger partial charge in [-0.1, -0.05) is 58.4 Å². The Bertz CT molecular complexity index is 1630. The van der Waals surface area contributed by atoms with E-state index in [4.69, 9.17) is 20.4 Å². The maximum atomic E-state index is 16.0. The number of hydrogen-bond donors (Lipinski definition) is 3. The van der Waals surface area contributed by atoms with Gasteiger partial charge in [-0.25, -0.2) is 13.2 Å². The van der Waals surface area contributed by atoms with Crippen LogP contribution in [0.2, 0.25) is 0 Å². The Kier molecular flexibility index (Phi) is 11.3. The lowest BCUT2D eigenvalue weighted by Crippen LogP contribution is -2.60. The Morgan fingerprint density at radius 3 is 1.98 bits per heavy atom. The van der Waals surface area contributed by atoms with Crippen LogP contribution in [0.25, 0.3) is 0 Å². The molecule has 3 aromatic carbocycles. The molecule has 2 saturated heterocycles. The highest BCUT2D eigenvalue weighted by atomic mass is 79.9. The van der Waals surface area contributed by atoms with Crippen molar-refractivity contribution in [3.8, 4) is 5.75 Å². The lowest BCUT2D eigenvalue weighted by atomic mass is 9.95. The molecule has 9 nitrogen and oxygen atoms in total. The minimum Gasteiger partial charge on any atom is -0.489 e. The van der Waals surface area contributed by atoms with Crippen LogP contribution in [-0.2, 0) is 32.1 Å². The van der Waals surface area contributed by atoms with Gasteiger partial charge in [0, 0.05) is 28.2 Å². The molecule has 2 bridgehead atoms. The van der Waals surface area contributed by atoms with Crippen LogP contribution in [0.5, 0.6) is 5.75 Å². The Morgan fingerprint density at radius 1 is 0.936 bits per heavy atom. The maximum absolute atomic E-state index is 16.0. The minimum atomic E-state index is -5.08. The molecule has 47 heavy (non-hydrogen) atoms. The summed E-state index contributed by atoms with van der Waals surface area (Å²) in [5, 5.41) is 7.12. The van der Waals surface area contributed by atoms with Crippen LogP contribution in [0.3, 0.4) is 0 Å². The Labute approximate surface area is 276 Å². The zero-order chi connectivity index (χ0) is 34.6. The molecule has 0 radical (unpaired) electrons. The van der Waals surface area contributed by atoms with Crippen molar-refractivity contribution in [1.29, 1.82) is 0 Å². The summed E-state index contributed by atoms with van der Waals surface area (Å²) in [5.74, 6) is -7.12. The number of fused-ring (bicyclic) bond motifs is 2. The number of carboxylic acid groups (broad SMARTS) is 1. The van der Waals surface area contributed by atoms with Crippen LogP contribution < -0.4 is 15.2 Å². The lowest BCUT2D eigenvalue weighted by molar-refractivity contribution is -0.192. The number of halogens is 6. The number of carboxylic acids is 1. The second kappa shape index (κ2) is 14.7. The number of benzene rings is 3. The van der Waals surface area contributed by atoms with Gasteiger partial charge in [-0.2, -0.15) is 26.7 Å². The molecule has 2 heterocycles. The average molecular weight is 749 g/mol. The van der Waals surface area contributed by atoms with E-state index in [2.05, 4.69) is 20.7 Å². The van der Waals surface area contributed by atoms with Crippen molar-refractivity contribution in [2.75, 3.05) is 0 Å². The summed E-state index contributed by atoms with van der Waals surface area (Å²) in [6, 6.07) is 17.0. The molecule has 3 unspecified atom stereocenters. The predicted octanol–water partition coefficient (Wildman–Crippen LogP) is 5.58. The van der Waals surface area contributed by atoms with Gasteiger partial charge in [-0.05, 0) is 67.6 Å². The third kappa shape index (κ3) is 9.06. The minimum absolute atomic E-state index is 0.119. The van der Waals surface area contributed by atoms with E-state index in [1.807, 2.05) is 30.3 Å². The molecule has 2 aliphatic rings. The number of rotatable bonds is 9. The van der Waals surface area contributed by atoms with E-state index >= 15 is 8.78 Å². The monoisotopic (exact) mass is 747 g/mol. The van der Waals surface area contributed by atoms with Crippen LogP contribution in [0.4, 0.5) is 22.0 Å². The van der Waals surface area contributed by atoms with E-state index in [1.165, 1.54) is 53.4 Å². The summed E-state index contributed by atoms with van der Waals surface area (Å²) in [6.45, 7) is 0.281. The molecular weight excluding hydrogens is 717 g/mol. The number of aliphatic carboxylic acids is 1. The first-order valence-electron chi connectivity index (χ1n) is 14.3. The highest BCUT2D eigenvalue weighted by Crippen LogP contribution is 2.40. The second-order valence-electron chi connectivity index (χ2n) is 11.1. The molecule has 254 valence electrons. The van der Waals surface area contributed by atoms with Crippen molar-refractivity contribution in [2.45, 2.75) is 73.5 Å². The van der Waals surface area contributed by atoms with Gasteiger partial charge in [0.1, 0.15) is 12.4 Å². The summed E-state index contributed by atoms with van der Waals surface area (Å²) in [7, 11) is -4.52. The molecule has 3 atom stereocenters. The topological polar surface area (TPSA) is 139 Å². The number of nitrogens with one attached hydrogen (secondary N) is 1. The molecular formula is C31H31BrF5N3O6S. The number of sulfonamides is 1. The molecule has 2 fully saturated rings. The quantitative estimate of drug-likeness (QED) is 0.243. The van der Waals surface area contributed by atoms with Crippen molar-refractivity contribution in [1.82, 2.24) is 9.62 Å².